The molecule has 0 spiro atoms. The molecule has 3 nitrogen and oxygen atoms in total. The van der Waals surface area contributed by atoms with Crippen molar-refractivity contribution in [1.82, 2.24) is 0 Å². The van der Waals surface area contributed by atoms with Gasteiger partial charge in [-0.25, -0.2) is 0 Å². The Labute approximate surface area is 131 Å². The zero-order chi connectivity index (χ0) is 16.7. The van der Waals surface area contributed by atoms with Crippen molar-refractivity contribution in [2.24, 2.45) is 0 Å². The Morgan fingerprint density at radius 1 is 0.870 bits per heavy atom. The van der Waals surface area contributed by atoms with E-state index in [1.807, 2.05) is 24.3 Å². The topological polar surface area (TPSA) is 43.4 Å². The molecule has 0 unspecified atom stereocenters. The van der Waals surface area contributed by atoms with Crippen LogP contribution in [-0.4, -0.2) is 13.9 Å². The first-order valence-electron chi connectivity index (χ1n) is 6.97. The highest BCUT2D eigenvalue weighted by molar-refractivity contribution is 7.88. The second kappa shape index (κ2) is 5.56. The molecule has 0 bridgehead atoms. The van der Waals surface area contributed by atoms with Crippen LogP contribution in [0.4, 0.5) is 13.2 Å². The Bertz CT molecular complexity index is 790. The van der Waals surface area contributed by atoms with Crippen LogP contribution in [-0.2, 0) is 10.1 Å². The van der Waals surface area contributed by atoms with Crippen molar-refractivity contribution in [1.29, 1.82) is 0 Å². The van der Waals surface area contributed by atoms with Crippen molar-refractivity contribution >= 4 is 10.1 Å². The van der Waals surface area contributed by atoms with E-state index in [0.717, 1.165) is 11.1 Å². The maximum absolute atomic E-state index is 12.3. The minimum absolute atomic E-state index is 0.374. The predicted molar refractivity (Wildman–Crippen MR) is 79.5 cm³/mol. The highest BCUT2D eigenvalue weighted by Crippen LogP contribution is 2.40. The lowest BCUT2D eigenvalue weighted by atomic mass is 10.0. The molecule has 0 atom stereocenters. The number of benzene rings is 2. The second-order valence-corrected chi connectivity index (χ2v) is 6.94. The van der Waals surface area contributed by atoms with Gasteiger partial charge in [-0.2, -0.15) is 21.6 Å². The van der Waals surface area contributed by atoms with Gasteiger partial charge in [-0.15, -0.1) is 0 Å². The smallest absolute Gasteiger partial charge is 0.376 e. The van der Waals surface area contributed by atoms with Gasteiger partial charge in [-0.3, -0.25) is 0 Å². The summed E-state index contributed by atoms with van der Waals surface area (Å²) in [6, 6.07) is 13.4. The van der Waals surface area contributed by atoms with Crippen LogP contribution >= 0.6 is 0 Å². The summed E-state index contributed by atoms with van der Waals surface area (Å²) in [7, 11) is -5.64. The van der Waals surface area contributed by atoms with Gasteiger partial charge in [0.2, 0.25) is 0 Å². The second-order valence-electron chi connectivity index (χ2n) is 5.40. The lowest BCUT2D eigenvalue weighted by Crippen LogP contribution is -2.28. The molecule has 0 N–H and O–H groups in total. The van der Waals surface area contributed by atoms with Gasteiger partial charge in [0, 0.05) is 0 Å². The summed E-state index contributed by atoms with van der Waals surface area (Å²) >= 11 is 0. The number of hydrogen-bond acceptors (Lipinski definition) is 3. The Balaban J connectivity index is 1.76. The van der Waals surface area contributed by atoms with Crippen molar-refractivity contribution in [3.63, 3.8) is 0 Å². The van der Waals surface area contributed by atoms with Gasteiger partial charge < -0.3 is 4.18 Å². The third-order valence-electron chi connectivity index (χ3n) is 3.64. The molecule has 0 heterocycles. The fourth-order valence-corrected chi connectivity index (χ4v) is 2.70. The lowest BCUT2D eigenvalue weighted by Gasteiger charge is -2.10. The van der Waals surface area contributed by atoms with Crippen LogP contribution in [0, 0.1) is 0 Å². The molecule has 1 fully saturated rings. The van der Waals surface area contributed by atoms with Crippen LogP contribution < -0.4 is 4.18 Å². The molecule has 2 aromatic rings. The van der Waals surface area contributed by atoms with E-state index < -0.39 is 15.6 Å². The first-order chi connectivity index (χ1) is 10.8. The monoisotopic (exact) mass is 342 g/mol. The molecule has 0 amide bonds. The maximum atomic E-state index is 12.3. The van der Waals surface area contributed by atoms with Crippen LogP contribution in [0.3, 0.4) is 0 Å². The van der Waals surface area contributed by atoms with Gasteiger partial charge in [-0.05, 0) is 47.6 Å². The standard InChI is InChI=1S/C16H13F3O3S/c17-16(18,19)23(20,21)22-15-9-7-14(8-10-15)13-5-3-12(4-6-13)11-1-2-11/h3-11H,1-2H2. The van der Waals surface area contributed by atoms with E-state index in [1.54, 1.807) is 0 Å². The molecular formula is C16H13F3O3S. The van der Waals surface area contributed by atoms with Crippen molar-refractivity contribution in [3.05, 3.63) is 54.1 Å². The minimum Gasteiger partial charge on any atom is -0.376 e. The number of hydrogen-bond donors (Lipinski definition) is 0. The van der Waals surface area contributed by atoms with E-state index in [2.05, 4.69) is 4.18 Å². The molecule has 23 heavy (non-hydrogen) atoms. The van der Waals surface area contributed by atoms with E-state index in [0.29, 0.717) is 5.92 Å². The third kappa shape index (κ3) is 3.50. The first-order valence-corrected chi connectivity index (χ1v) is 8.38. The fraction of sp³-hybridized carbons (Fsp3) is 0.250. The quantitative estimate of drug-likeness (QED) is 0.609. The largest absolute Gasteiger partial charge is 0.534 e. The van der Waals surface area contributed by atoms with Crippen LogP contribution in [0.25, 0.3) is 11.1 Å². The van der Waals surface area contributed by atoms with E-state index in [4.69, 9.17) is 0 Å². The third-order valence-corrected chi connectivity index (χ3v) is 4.62. The Kier molecular flexibility index (Phi) is 3.83. The minimum atomic E-state index is -5.64. The van der Waals surface area contributed by atoms with Crippen molar-refractivity contribution in [2.75, 3.05) is 0 Å². The summed E-state index contributed by atoms with van der Waals surface area (Å²) in [6.07, 6.45) is 2.41. The molecule has 2 aromatic carbocycles. The first kappa shape index (κ1) is 15.9. The number of alkyl halides is 3. The summed E-state index contributed by atoms with van der Waals surface area (Å²) in [5, 5.41) is 0. The molecular weight excluding hydrogens is 329 g/mol. The molecule has 1 aliphatic carbocycles. The van der Waals surface area contributed by atoms with Crippen molar-refractivity contribution in [3.8, 4) is 16.9 Å². The lowest BCUT2D eigenvalue weighted by molar-refractivity contribution is -0.0500. The summed E-state index contributed by atoms with van der Waals surface area (Å²) in [4.78, 5) is 0. The highest BCUT2D eigenvalue weighted by Gasteiger charge is 2.48. The Hall–Kier alpha value is -2.02. The van der Waals surface area contributed by atoms with Crippen LogP contribution in [0.2, 0.25) is 0 Å². The molecule has 0 saturated heterocycles. The fourth-order valence-electron chi connectivity index (χ4n) is 2.24. The average Bonchev–Trinajstić information content (AvgIpc) is 3.31. The normalized spacial score (nSPS) is 15.4. The molecule has 122 valence electrons. The molecule has 3 rings (SSSR count). The maximum Gasteiger partial charge on any atom is 0.534 e. The van der Waals surface area contributed by atoms with Crippen LogP contribution in [0.5, 0.6) is 5.75 Å². The zero-order valence-corrected chi connectivity index (χ0v) is 12.7. The molecule has 0 aliphatic heterocycles. The van der Waals surface area contributed by atoms with Crippen LogP contribution in [0.15, 0.2) is 48.5 Å². The van der Waals surface area contributed by atoms with E-state index >= 15 is 0 Å². The summed E-state index contributed by atoms with van der Waals surface area (Å²) in [5.41, 5.74) is -2.49. The van der Waals surface area contributed by atoms with E-state index in [9.17, 15) is 21.6 Å². The van der Waals surface area contributed by atoms with Gasteiger partial charge in [-0.1, -0.05) is 36.4 Å². The molecule has 7 heteroatoms. The number of rotatable bonds is 4. The predicted octanol–water partition coefficient (Wildman–Crippen LogP) is 4.46. The highest BCUT2D eigenvalue weighted by atomic mass is 32.2. The SMILES string of the molecule is O=S(=O)(Oc1ccc(-c2ccc(C3CC3)cc2)cc1)C(F)(F)F. The Morgan fingerprint density at radius 3 is 1.78 bits per heavy atom. The van der Waals surface area contributed by atoms with E-state index in [1.165, 1.54) is 42.7 Å². The number of halogens is 3. The van der Waals surface area contributed by atoms with Gasteiger partial charge in [0.25, 0.3) is 0 Å². The van der Waals surface area contributed by atoms with Crippen molar-refractivity contribution in [2.45, 2.75) is 24.3 Å². The van der Waals surface area contributed by atoms with Gasteiger partial charge >= 0.3 is 15.6 Å². The van der Waals surface area contributed by atoms with Crippen molar-refractivity contribution < 1.29 is 25.8 Å². The summed E-state index contributed by atoms with van der Waals surface area (Å²) in [5.74, 6) is 0.271. The summed E-state index contributed by atoms with van der Waals surface area (Å²) < 4.78 is 62.7. The average molecular weight is 342 g/mol. The summed E-state index contributed by atoms with van der Waals surface area (Å²) in [6.45, 7) is 0. The van der Waals surface area contributed by atoms with Gasteiger partial charge in [0.15, 0.2) is 0 Å². The van der Waals surface area contributed by atoms with E-state index in [-0.39, 0.29) is 5.75 Å². The Morgan fingerprint density at radius 2 is 1.35 bits per heavy atom. The van der Waals surface area contributed by atoms with Gasteiger partial charge in [0.1, 0.15) is 5.75 Å². The van der Waals surface area contributed by atoms with Gasteiger partial charge in [0.05, 0.1) is 0 Å². The molecule has 0 aromatic heterocycles. The van der Waals surface area contributed by atoms with Crippen LogP contribution in [0.1, 0.15) is 24.3 Å². The molecule has 1 aliphatic rings. The molecule has 0 radical (unpaired) electrons. The zero-order valence-electron chi connectivity index (χ0n) is 11.9. The molecule has 1 saturated carbocycles.